The van der Waals surface area contributed by atoms with E-state index in [9.17, 15) is 14.7 Å². The topological polar surface area (TPSA) is 92.4 Å². The largest absolute Gasteiger partial charge is 0.481 e. The van der Waals surface area contributed by atoms with Crippen LogP contribution in [0.2, 0.25) is 0 Å². The number of carboxylic acid groups (broad SMARTS) is 1. The molecular formula is C12H22N2O3. The highest BCUT2D eigenvalue weighted by Crippen LogP contribution is 2.37. The van der Waals surface area contributed by atoms with E-state index in [1.165, 1.54) is 0 Å². The maximum absolute atomic E-state index is 11.8. The number of hydrogen-bond donors (Lipinski definition) is 3. The monoisotopic (exact) mass is 242 g/mol. The first-order valence-corrected chi connectivity index (χ1v) is 6.15. The molecule has 0 bridgehead atoms. The predicted octanol–water partition coefficient (Wildman–Crippen LogP) is 0.875. The van der Waals surface area contributed by atoms with Crippen LogP contribution in [0.25, 0.3) is 0 Å². The second kappa shape index (κ2) is 5.04. The maximum atomic E-state index is 11.8. The van der Waals surface area contributed by atoms with Gasteiger partial charge in [0.25, 0.3) is 0 Å². The van der Waals surface area contributed by atoms with Gasteiger partial charge in [0.05, 0.1) is 11.0 Å². The first-order valence-electron chi connectivity index (χ1n) is 6.15. The molecule has 5 heteroatoms. The van der Waals surface area contributed by atoms with Crippen molar-refractivity contribution in [2.45, 2.75) is 51.5 Å². The molecule has 1 fully saturated rings. The molecule has 1 amide bonds. The van der Waals surface area contributed by atoms with Crippen molar-refractivity contribution in [3.05, 3.63) is 0 Å². The first kappa shape index (κ1) is 14.0. The van der Waals surface area contributed by atoms with Gasteiger partial charge in [-0.05, 0) is 26.2 Å². The number of rotatable bonds is 5. The van der Waals surface area contributed by atoms with Crippen LogP contribution in [0.1, 0.15) is 46.0 Å². The minimum absolute atomic E-state index is 0.188. The Bertz CT molecular complexity index is 307. The molecule has 0 radical (unpaired) electrons. The van der Waals surface area contributed by atoms with Crippen molar-refractivity contribution in [3.63, 3.8) is 0 Å². The Hall–Kier alpha value is -1.10. The molecule has 0 spiro atoms. The molecule has 17 heavy (non-hydrogen) atoms. The predicted molar refractivity (Wildman–Crippen MR) is 64.4 cm³/mol. The molecule has 4 N–H and O–H groups in total. The third-order valence-corrected chi connectivity index (χ3v) is 3.85. The second-order valence-corrected chi connectivity index (χ2v) is 5.25. The number of aliphatic carboxylic acids is 1. The van der Waals surface area contributed by atoms with E-state index < -0.39 is 16.9 Å². The average molecular weight is 242 g/mol. The summed E-state index contributed by atoms with van der Waals surface area (Å²) < 4.78 is 0. The zero-order valence-corrected chi connectivity index (χ0v) is 10.6. The molecule has 0 aromatic heterocycles. The third-order valence-electron chi connectivity index (χ3n) is 3.85. The molecule has 5 nitrogen and oxygen atoms in total. The molecule has 0 saturated heterocycles. The number of carbonyl (C=O) groups excluding carboxylic acids is 1. The summed E-state index contributed by atoms with van der Waals surface area (Å²) in [6.45, 7) is 3.68. The highest BCUT2D eigenvalue weighted by molar-refractivity contribution is 5.86. The van der Waals surface area contributed by atoms with Gasteiger partial charge in [0, 0.05) is 6.54 Å². The van der Waals surface area contributed by atoms with Crippen LogP contribution in [0.4, 0.5) is 0 Å². The summed E-state index contributed by atoms with van der Waals surface area (Å²) in [4.78, 5) is 23.1. The summed E-state index contributed by atoms with van der Waals surface area (Å²) in [5, 5.41) is 11.9. The highest BCUT2D eigenvalue weighted by Gasteiger charge is 2.42. The van der Waals surface area contributed by atoms with E-state index in [-0.39, 0.29) is 12.5 Å². The van der Waals surface area contributed by atoms with E-state index in [4.69, 9.17) is 5.73 Å². The highest BCUT2D eigenvalue weighted by atomic mass is 16.4. The van der Waals surface area contributed by atoms with Gasteiger partial charge in [-0.3, -0.25) is 9.59 Å². The van der Waals surface area contributed by atoms with Gasteiger partial charge in [0.2, 0.25) is 5.91 Å². The second-order valence-electron chi connectivity index (χ2n) is 5.25. The summed E-state index contributed by atoms with van der Waals surface area (Å²) in [6, 6.07) is 0. The number of carbonyl (C=O) groups is 2. The Morgan fingerprint density at radius 3 is 2.35 bits per heavy atom. The normalized spacial score (nSPS) is 21.8. The van der Waals surface area contributed by atoms with Crippen molar-refractivity contribution in [3.8, 4) is 0 Å². The lowest BCUT2D eigenvalue weighted by molar-refractivity contribution is -0.148. The summed E-state index contributed by atoms with van der Waals surface area (Å²) >= 11 is 0. The fraction of sp³-hybridized carbons (Fsp3) is 0.833. The molecule has 1 saturated carbocycles. The molecule has 0 aliphatic heterocycles. The summed E-state index contributed by atoms with van der Waals surface area (Å²) in [5.41, 5.74) is 4.11. The van der Waals surface area contributed by atoms with Crippen LogP contribution < -0.4 is 11.1 Å². The van der Waals surface area contributed by atoms with Gasteiger partial charge in [-0.2, -0.15) is 0 Å². The van der Waals surface area contributed by atoms with Crippen LogP contribution in [-0.2, 0) is 9.59 Å². The quantitative estimate of drug-likeness (QED) is 0.667. The fourth-order valence-electron chi connectivity index (χ4n) is 2.13. The molecule has 1 unspecified atom stereocenters. The van der Waals surface area contributed by atoms with Crippen LogP contribution in [0.3, 0.4) is 0 Å². The Morgan fingerprint density at radius 1 is 1.41 bits per heavy atom. The number of nitrogens with two attached hydrogens (primary N) is 1. The van der Waals surface area contributed by atoms with E-state index in [0.29, 0.717) is 19.3 Å². The van der Waals surface area contributed by atoms with Gasteiger partial charge < -0.3 is 16.2 Å². The molecule has 1 aliphatic carbocycles. The van der Waals surface area contributed by atoms with Crippen molar-refractivity contribution < 1.29 is 14.7 Å². The standard InChI is InChI=1S/C12H22N2O3/c1-3-11(2,13)9(15)14-8-12(10(16)17)6-4-5-7-12/h3-8,13H2,1-2H3,(H,14,15)(H,16,17). The van der Waals surface area contributed by atoms with Crippen molar-refractivity contribution in [1.29, 1.82) is 0 Å². The Labute approximate surface area is 102 Å². The van der Waals surface area contributed by atoms with Crippen molar-refractivity contribution in [2.24, 2.45) is 11.1 Å². The van der Waals surface area contributed by atoms with Crippen LogP contribution in [0, 0.1) is 5.41 Å². The average Bonchev–Trinajstić information content (AvgIpc) is 2.75. The van der Waals surface area contributed by atoms with E-state index in [1.54, 1.807) is 6.92 Å². The molecule has 98 valence electrons. The van der Waals surface area contributed by atoms with E-state index in [1.807, 2.05) is 6.92 Å². The third kappa shape index (κ3) is 2.97. The summed E-state index contributed by atoms with van der Waals surface area (Å²) in [5.74, 6) is -1.09. The smallest absolute Gasteiger partial charge is 0.311 e. The molecule has 1 atom stereocenters. The van der Waals surface area contributed by atoms with Crippen LogP contribution in [0.5, 0.6) is 0 Å². The molecule has 0 aromatic carbocycles. The molecule has 0 aromatic rings. The Kier molecular flexibility index (Phi) is 4.14. The zero-order chi connectivity index (χ0) is 13.1. The van der Waals surface area contributed by atoms with Gasteiger partial charge in [0.15, 0.2) is 0 Å². The lowest BCUT2D eigenvalue weighted by atomic mass is 9.86. The van der Waals surface area contributed by atoms with E-state index in [2.05, 4.69) is 5.32 Å². The first-order chi connectivity index (χ1) is 7.84. The maximum Gasteiger partial charge on any atom is 0.311 e. The van der Waals surface area contributed by atoms with Gasteiger partial charge in [-0.15, -0.1) is 0 Å². The summed E-state index contributed by atoms with van der Waals surface area (Å²) in [6.07, 6.45) is 3.62. The van der Waals surface area contributed by atoms with Crippen molar-refractivity contribution in [2.75, 3.05) is 6.54 Å². The lowest BCUT2D eigenvalue weighted by Gasteiger charge is -2.27. The van der Waals surface area contributed by atoms with E-state index >= 15 is 0 Å². The molecular weight excluding hydrogens is 220 g/mol. The number of carboxylic acids is 1. The molecule has 0 heterocycles. The van der Waals surface area contributed by atoms with Crippen LogP contribution in [0.15, 0.2) is 0 Å². The number of hydrogen-bond acceptors (Lipinski definition) is 3. The van der Waals surface area contributed by atoms with Gasteiger partial charge in [-0.25, -0.2) is 0 Å². The van der Waals surface area contributed by atoms with Gasteiger partial charge >= 0.3 is 5.97 Å². The lowest BCUT2D eigenvalue weighted by Crippen LogP contribution is -2.54. The van der Waals surface area contributed by atoms with Gasteiger partial charge in [-0.1, -0.05) is 19.8 Å². The van der Waals surface area contributed by atoms with Gasteiger partial charge in [0.1, 0.15) is 0 Å². The van der Waals surface area contributed by atoms with Crippen molar-refractivity contribution in [1.82, 2.24) is 5.32 Å². The molecule has 1 aliphatic rings. The number of amides is 1. The molecule has 1 rings (SSSR count). The SMILES string of the molecule is CCC(C)(N)C(=O)NCC1(C(=O)O)CCCC1. The fourth-order valence-corrected chi connectivity index (χ4v) is 2.13. The number of nitrogens with one attached hydrogen (secondary N) is 1. The Morgan fingerprint density at radius 2 is 1.94 bits per heavy atom. The van der Waals surface area contributed by atoms with Crippen molar-refractivity contribution >= 4 is 11.9 Å². The minimum Gasteiger partial charge on any atom is -0.481 e. The zero-order valence-electron chi connectivity index (χ0n) is 10.6. The van der Waals surface area contributed by atoms with Crippen LogP contribution in [-0.4, -0.2) is 29.1 Å². The van der Waals surface area contributed by atoms with Crippen LogP contribution >= 0.6 is 0 Å². The Balaban J connectivity index is 2.60. The minimum atomic E-state index is -0.918. The summed E-state index contributed by atoms with van der Waals surface area (Å²) in [7, 11) is 0. The van der Waals surface area contributed by atoms with E-state index in [0.717, 1.165) is 12.8 Å².